The molecule has 1 N–H and O–H groups in total. The van der Waals surface area contributed by atoms with Gasteiger partial charge in [-0.05, 0) is 30.7 Å². The van der Waals surface area contributed by atoms with Gasteiger partial charge in [0.15, 0.2) is 0 Å². The first-order valence-corrected chi connectivity index (χ1v) is 12.8. The van der Waals surface area contributed by atoms with Crippen molar-refractivity contribution in [3.05, 3.63) is 53.9 Å². The van der Waals surface area contributed by atoms with E-state index in [1.807, 2.05) is 4.57 Å². The number of imidazole rings is 1. The van der Waals surface area contributed by atoms with Crippen LogP contribution in [-0.4, -0.2) is 78.1 Å². The minimum atomic E-state index is -3.47. The predicted octanol–water partition coefficient (Wildman–Crippen LogP) is 1.48. The quantitative estimate of drug-likeness (QED) is 0.574. The number of halogens is 1. The molecule has 0 saturated carbocycles. The van der Waals surface area contributed by atoms with Crippen molar-refractivity contribution < 1.29 is 17.6 Å². The average molecular weight is 466 g/mol. The molecule has 1 aromatic heterocycles. The van der Waals surface area contributed by atoms with Crippen LogP contribution in [0.5, 0.6) is 0 Å². The van der Waals surface area contributed by atoms with Crippen LogP contribution in [0.2, 0.25) is 0 Å². The number of carbonyl (C=O) groups is 1. The maximum absolute atomic E-state index is 13.1. The SMILES string of the molecule is CCCCN1CCN(S(C)(=O)=O)C(C(=O)NCCc2cncn2Cc2ccc(F)cc2)C1. The number of rotatable bonds is 10. The van der Waals surface area contributed by atoms with Gasteiger partial charge in [-0.15, -0.1) is 0 Å². The van der Waals surface area contributed by atoms with E-state index in [4.69, 9.17) is 0 Å². The standard InChI is InChI=1S/C22H32FN5O3S/c1-3-4-11-26-12-13-28(32(2,30)31)21(16-26)22(29)25-10-9-20-14-24-17-27(20)15-18-5-7-19(23)8-6-18/h5-8,14,17,21H,3-4,9-13,15-16H2,1-2H3,(H,25,29). The molecule has 176 valence electrons. The van der Waals surface area contributed by atoms with E-state index in [9.17, 15) is 17.6 Å². The van der Waals surface area contributed by atoms with Crippen LogP contribution < -0.4 is 5.32 Å². The Morgan fingerprint density at radius 3 is 2.69 bits per heavy atom. The number of hydrogen-bond acceptors (Lipinski definition) is 5. The number of benzene rings is 1. The van der Waals surface area contributed by atoms with E-state index >= 15 is 0 Å². The number of aromatic nitrogens is 2. The first kappa shape index (κ1) is 24.3. The van der Waals surface area contributed by atoms with Gasteiger partial charge in [0.1, 0.15) is 11.9 Å². The van der Waals surface area contributed by atoms with Gasteiger partial charge in [-0.1, -0.05) is 25.5 Å². The summed E-state index contributed by atoms with van der Waals surface area (Å²) in [6, 6.07) is 5.59. The third kappa shape index (κ3) is 6.60. The van der Waals surface area contributed by atoms with Gasteiger partial charge in [0.05, 0.1) is 12.6 Å². The minimum Gasteiger partial charge on any atom is -0.354 e. The van der Waals surface area contributed by atoms with Gasteiger partial charge >= 0.3 is 0 Å². The number of amides is 1. The van der Waals surface area contributed by atoms with Gasteiger partial charge in [-0.3, -0.25) is 9.69 Å². The summed E-state index contributed by atoms with van der Waals surface area (Å²) in [5.74, 6) is -0.553. The van der Waals surface area contributed by atoms with Crippen molar-refractivity contribution in [3.8, 4) is 0 Å². The summed E-state index contributed by atoms with van der Waals surface area (Å²) in [7, 11) is -3.47. The highest BCUT2D eigenvalue weighted by Crippen LogP contribution is 2.15. The molecule has 1 aromatic carbocycles. The maximum atomic E-state index is 13.1. The van der Waals surface area contributed by atoms with Crippen LogP contribution in [0.1, 0.15) is 31.0 Å². The lowest BCUT2D eigenvalue weighted by Crippen LogP contribution is -2.60. The van der Waals surface area contributed by atoms with Crippen molar-refractivity contribution in [2.24, 2.45) is 0 Å². The third-order valence-electron chi connectivity index (χ3n) is 5.72. The molecule has 1 amide bonds. The zero-order valence-electron chi connectivity index (χ0n) is 18.7. The molecule has 0 spiro atoms. The third-order valence-corrected chi connectivity index (χ3v) is 7.01. The van der Waals surface area contributed by atoms with Crippen LogP contribution in [0.3, 0.4) is 0 Å². The van der Waals surface area contributed by atoms with E-state index in [1.165, 1.54) is 16.4 Å². The van der Waals surface area contributed by atoms with E-state index in [0.717, 1.165) is 36.9 Å². The van der Waals surface area contributed by atoms with Crippen LogP contribution >= 0.6 is 0 Å². The lowest BCUT2D eigenvalue weighted by molar-refractivity contribution is -0.126. The highest BCUT2D eigenvalue weighted by atomic mass is 32.2. The van der Waals surface area contributed by atoms with Crippen molar-refractivity contribution in [1.29, 1.82) is 0 Å². The van der Waals surface area contributed by atoms with Crippen LogP contribution in [0, 0.1) is 5.82 Å². The van der Waals surface area contributed by atoms with Crippen LogP contribution in [0.4, 0.5) is 4.39 Å². The molecule has 32 heavy (non-hydrogen) atoms. The summed E-state index contributed by atoms with van der Waals surface area (Å²) < 4.78 is 40.8. The first-order valence-electron chi connectivity index (χ1n) is 11.0. The Morgan fingerprint density at radius 2 is 2.00 bits per heavy atom. The molecular weight excluding hydrogens is 433 g/mol. The van der Waals surface area contributed by atoms with Gasteiger partial charge in [-0.25, -0.2) is 17.8 Å². The molecule has 1 atom stereocenters. The van der Waals surface area contributed by atoms with Gasteiger partial charge in [0, 0.05) is 51.0 Å². The zero-order chi connectivity index (χ0) is 23.1. The topological polar surface area (TPSA) is 87.5 Å². The Labute approximate surface area is 189 Å². The van der Waals surface area contributed by atoms with E-state index in [2.05, 4.69) is 22.1 Å². The fourth-order valence-electron chi connectivity index (χ4n) is 3.93. The molecule has 1 aliphatic rings. The Balaban J connectivity index is 1.58. The molecule has 0 radical (unpaired) electrons. The van der Waals surface area contributed by atoms with Crippen LogP contribution in [0.25, 0.3) is 0 Å². The summed E-state index contributed by atoms with van der Waals surface area (Å²) in [6.07, 6.45) is 7.23. The van der Waals surface area contributed by atoms with E-state index in [-0.39, 0.29) is 11.7 Å². The molecule has 10 heteroatoms. The molecule has 1 fully saturated rings. The van der Waals surface area contributed by atoms with Crippen molar-refractivity contribution in [2.75, 3.05) is 39.0 Å². The lowest BCUT2D eigenvalue weighted by Gasteiger charge is -2.39. The first-order chi connectivity index (χ1) is 15.3. The fraction of sp³-hybridized carbons (Fsp3) is 0.545. The second kappa shape index (κ2) is 11.0. The molecule has 0 bridgehead atoms. The highest BCUT2D eigenvalue weighted by molar-refractivity contribution is 7.88. The number of nitrogens with one attached hydrogen (secondary N) is 1. The van der Waals surface area contributed by atoms with E-state index in [1.54, 1.807) is 24.7 Å². The summed E-state index contributed by atoms with van der Waals surface area (Å²) in [4.78, 5) is 19.3. The van der Waals surface area contributed by atoms with Crippen molar-refractivity contribution in [3.63, 3.8) is 0 Å². The molecular formula is C22H32FN5O3S. The Kier molecular flexibility index (Phi) is 8.38. The second-order valence-electron chi connectivity index (χ2n) is 8.22. The number of piperazine rings is 1. The average Bonchev–Trinajstić information content (AvgIpc) is 3.19. The minimum absolute atomic E-state index is 0.276. The van der Waals surface area contributed by atoms with Gasteiger partial charge in [0.2, 0.25) is 15.9 Å². The summed E-state index contributed by atoms with van der Waals surface area (Å²) in [5, 5.41) is 2.91. The van der Waals surface area contributed by atoms with Crippen molar-refractivity contribution in [1.82, 2.24) is 24.1 Å². The Bertz CT molecular complexity index is 993. The number of unbranched alkanes of at least 4 members (excludes halogenated alkanes) is 1. The lowest BCUT2D eigenvalue weighted by atomic mass is 10.1. The summed E-state index contributed by atoms with van der Waals surface area (Å²) >= 11 is 0. The fourth-order valence-corrected chi connectivity index (χ4v) is 4.97. The highest BCUT2D eigenvalue weighted by Gasteiger charge is 2.37. The predicted molar refractivity (Wildman–Crippen MR) is 121 cm³/mol. The monoisotopic (exact) mass is 465 g/mol. The molecule has 0 aliphatic carbocycles. The second-order valence-corrected chi connectivity index (χ2v) is 10.2. The molecule has 2 heterocycles. The van der Waals surface area contributed by atoms with E-state index in [0.29, 0.717) is 39.1 Å². The van der Waals surface area contributed by atoms with Gasteiger partial charge in [0.25, 0.3) is 0 Å². The zero-order valence-corrected chi connectivity index (χ0v) is 19.5. The molecule has 1 aliphatic heterocycles. The molecule has 3 rings (SSSR count). The summed E-state index contributed by atoms with van der Waals surface area (Å²) in [6.45, 7) is 5.27. The number of nitrogens with zero attached hydrogens (tertiary/aromatic N) is 4. The Morgan fingerprint density at radius 1 is 1.25 bits per heavy atom. The van der Waals surface area contributed by atoms with Gasteiger partial charge < -0.3 is 9.88 Å². The smallest absolute Gasteiger partial charge is 0.239 e. The van der Waals surface area contributed by atoms with Crippen LogP contribution in [0.15, 0.2) is 36.8 Å². The normalized spacial score (nSPS) is 18.0. The molecule has 2 aromatic rings. The number of sulfonamides is 1. The number of carbonyl (C=O) groups excluding carboxylic acids is 1. The number of hydrogen-bond donors (Lipinski definition) is 1. The van der Waals surface area contributed by atoms with Gasteiger partial charge in [-0.2, -0.15) is 4.31 Å². The molecule has 1 unspecified atom stereocenters. The largest absolute Gasteiger partial charge is 0.354 e. The van der Waals surface area contributed by atoms with Crippen molar-refractivity contribution >= 4 is 15.9 Å². The van der Waals surface area contributed by atoms with E-state index < -0.39 is 16.1 Å². The molecule has 1 saturated heterocycles. The molecule has 8 nitrogen and oxygen atoms in total. The van der Waals surface area contributed by atoms with Crippen molar-refractivity contribution in [2.45, 2.75) is 38.8 Å². The van der Waals surface area contributed by atoms with Crippen LogP contribution in [-0.2, 0) is 27.8 Å². The maximum Gasteiger partial charge on any atom is 0.239 e. The Hall–Kier alpha value is -2.30. The summed E-state index contributed by atoms with van der Waals surface area (Å²) in [5.41, 5.74) is 1.88.